The Morgan fingerprint density at radius 3 is 2.57 bits per heavy atom. The third-order valence-corrected chi connectivity index (χ3v) is 4.38. The molecule has 3 rings (SSSR count). The number of hydrogen-bond donors (Lipinski definition) is 2. The lowest BCUT2D eigenvalue weighted by Gasteiger charge is -2.34. The molecule has 2 aromatic rings. The number of likely N-dealkylation sites (tertiary alicyclic amines) is 1. The van der Waals surface area contributed by atoms with Gasteiger partial charge in [-0.3, -0.25) is 4.90 Å². The largest absolute Gasteiger partial charge is 0.388 e. The van der Waals surface area contributed by atoms with E-state index in [1.165, 1.54) is 12.1 Å². The predicted molar refractivity (Wildman–Crippen MR) is 85.8 cm³/mol. The summed E-state index contributed by atoms with van der Waals surface area (Å²) in [6.45, 7) is 2.42. The SMILES string of the molecule is Nc1ccnc(CN2CCC(C(O)c3ccc(F)cc3)CC2)n1. The summed E-state index contributed by atoms with van der Waals surface area (Å²) in [5.74, 6) is 1.12. The van der Waals surface area contributed by atoms with E-state index >= 15 is 0 Å². The van der Waals surface area contributed by atoms with Crippen LogP contribution in [0, 0.1) is 11.7 Å². The third-order valence-electron chi connectivity index (χ3n) is 4.38. The highest BCUT2D eigenvalue weighted by Gasteiger charge is 2.26. The summed E-state index contributed by atoms with van der Waals surface area (Å²) in [5, 5.41) is 10.5. The average molecular weight is 316 g/mol. The maximum atomic E-state index is 13.0. The molecule has 0 radical (unpaired) electrons. The zero-order valence-corrected chi connectivity index (χ0v) is 12.9. The molecule has 3 N–H and O–H groups in total. The van der Waals surface area contributed by atoms with E-state index in [1.807, 2.05) is 0 Å². The summed E-state index contributed by atoms with van der Waals surface area (Å²) in [5.41, 5.74) is 6.45. The number of rotatable bonds is 4. The lowest BCUT2D eigenvalue weighted by molar-refractivity contribution is 0.0560. The maximum Gasteiger partial charge on any atom is 0.144 e. The van der Waals surface area contributed by atoms with Gasteiger partial charge in [-0.2, -0.15) is 0 Å². The van der Waals surface area contributed by atoms with Crippen molar-refractivity contribution in [2.45, 2.75) is 25.5 Å². The van der Waals surface area contributed by atoms with Crippen LogP contribution in [0.15, 0.2) is 36.5 Å². The molecule has 6 heteroatoms. The predicted octanol–water partition coefficient (Wildman–Crippen LogP) is 2.14. The van der Waals surface area contributed by atoms with Gasteiger partial charge in [-0.05, 0) is 55.6 Å². The standard InChI is InChI=1S/C17H21FN4O/c18-14-3-1-12(2-4-14)17(23)13-6-9-22(10-7-13)11-16-20-8-5-15(19)21-16/h1-5,8,13,17,23H,6-7,9-11H2,(H2,19,20,21). The molecule has 1 saturated heterocycles. The molecule has 5 nitrogen and oxygen atoms in total. The fourth-order valence-corrected chi connectivity index (χ4v) is 3.05. The van der Waals surface area contributed by atoms with Crippen LogP contribution in [0.3, 0.4) is 0 Å². The normalized spacial score (nSPS) is 18.0. The van der Waals surface area contributed by atoms with E-state index in [4.69, 9.17) is 5.73 Å². The number of piperidine rings is 1. The number of halogens is 1. The number of nitrogen functional groups attached to an aromatic ring is 1. The molecule has 0 saturated carbocycles. The molecule has 0 bridgehead atoms. The van der Waals surface area contributed by atoms with E-state index in [1.54, 1.807) is 24.4 Å². The van der Waals surface area contributed by atoms with E-state index in [9.17, 15) is 9.50 Å². The molecule has 1 fully saturated rings. The first-order chi connectivity index (χ1) is 11.1. The van der Waals surface area contributed by atoms with Crippen molar-refractivity contribution in [1.29, 1.82) is 0 Å². The molecule has 23 heavy (non-hydrogen) atoms. The minimum atomic E-state index is -0.540. The molecule has 1 unspecified atom stereocenters. The van der Waals surface area contributed by atoms with Crippen molar-refractivity contribution < 1.29 is 9.50 Å². The van der Waals surface area contributed by atoms with Crippen LogP contribution in [-0.2, 0) is 6.54 Å². The number of aliphatic hydroxyl groups excluding tert-OH is 1. The van der Waals surface area contributed by atoms with Gasteiger partial charge >= 0.3 is 0 Å². The van der Waals surface area contributed by atoms with Gasteiger partial charge in [0.15, 0.2) is 0 Å². The highest BCUT2D eigenvalue weighted by molar-refractivity contribution is 5.25. The van der Waals surface area contributed by atoms with Gasteiger partial charge in [0, 0.05) is 6.20 Å². The zero-order valence-electron chi connectivity index (χ0n) is 12.9. The van der Waals surface area contributed by atoms with Crippen molar-refractivity contribution in [2.24, 2.45) is 5.92 Å². The Kier molecular flexibility index (Phi) is 4.83. The maximum absolute atomic E-state index is 13.0. The molecule has 2 heterocycles. The van der Waals surface area contributed by atoms with Crippen molar-refractivity contribution in [3.8, 4) is 0 Å². The fraction of sp³-hybridized carbons (Fsp3) is 0.412. The first-order valence-corrected chi connectivity index (χ1v) is 7.85. The molecule has 0 spiro atoms. The quantitative estimate of drug-likeness (QED) is 0.904. The lowest BCUT2D eigenvalue weighted by atomic mass is 9.87. The molecule has 1 aromatic heterocycles. The zero-order chi connectivity index (χ0) is 16.2. The highest BCUT2D eigenvalue weighted by atomic mass is 19.1. The van der Waals surface area contributed by atoms with Gasteiger partial charge < -0.3 is 10.8 Å². The minimum absolute atomic E-state index is 0.193. The monoisotopic (exact) mass is 316 g/mol. The van der Waals surface area contributed by atoms with E-state index in [0.29, 0.717) is 12.4 Å². The number of anilines is 1. The molecule has 122 valence electrons. The molecular weight excluding hydrogens is 295 g/mol. The van der Waals surface area contributed by atoms with Gasteiger partial charge in [-0.25, -0.2) is 14.4 Å². The fourth-order valence-electron chi connectivity index (χ4n) is 3.05. The molecule has 0 aliphatic carbocycles. The topological polar surface area (TPSA) is 75.3 Å². The Hall–Kier alpha value is -2.05. The van der Waals surface area contributed by atoms with Gasteiger partial charge in [0.1, 0.15) is 17.5 Å². The van der Waals surface area contributed by atoms with Crippen LogP contribution in [-0.4, -0.2) is 33.1 Å². The third kappa shape index (κ3) is 4.03. The Labute approximate surface area is 135 Å². The van der Waals surface area contributed by atoms with Crippen LogP contribution in [0.1, 0.15) is 30.3 Å². The average Bonchev–Trinajstić information content (AvgIpc) is 2.56. The van der Waals surface area contributed by atoms with Crippen LogP contribution in [0.2, 0.25) is 0 Å². The molecule has 1 atom stereocenters. The van der Waals surface area contributed by atoms with E-state index in [2.05, 4.69) is 14.9 Å². The summed E-state index contributed by atoms with van der Waals surface area (Å²) < 4.78 is 13.0. The Morgan fingerprint density at radius 1 is 1.22 bits per heavy atom. The molecule has 0 amide bonds. The second-order valence-corrected chi connectivity index (χ2v) is 6.01. The van der Waals surface area contributed by atoms with E-state index < -0.39 is 6.10 Å². The summed E-state index contributed by atoms with van der Waals surface area (Å²) in [7, 11) is 0. The van der Waals surface area contributed by atoms with Gasteiger partial charge in [0.2, 0.25) is 0 Å². The van der Waals surface area contributed by atoms with Crippen molar-refractivity contribution in [2.75, 3.05) is 18.8 Å². The van der Waals surface area contributed by atoms with Gasteiger partial charge in [0.05, 0.1) is 12.6 Å². The van der Waals surface area contributed by atoms with Crippen LogP contribution in [0.25, 0.3) is 0 Å². The van der Waals surface area contributed by atoms with Crippen molar-refractivity contribution >= 4 is 5.82 Å². The number of benzene rings is 1. The van der Waals surface area contributed by atoms with Crippen LogP contribution in [0.4, 0.5) is 10.2 Å². The number of nitrogens with two attached hydrogens (primary N) is 1. The van der Waals surface area contributed by atoms with Crippen molar-refractivity contribution in [3.05, 3.63) is 53.7 Å². The Morgan fingerprint density at radius 2 is 1.91 bits per heavy atom. The van der Waals surface area contributed by atoms with Crippen LogP contribution in [0.5, 0.6) is 0 Å². The summed E-state index contributed by atoms with van der Waals surface area (Å²) in [6, 6.07) is 7.78. The van der Waals surface area contributed by atoms with Gasteiger partial charge in [-0.1, -0.05) is 12.1 Å². The molecule has 1 aliphatic heterocycles. The number of hydrogen-bond acceptors (Lipinski definition) is 5. The first-order valence-electron chi connectivity index (χ1n) is 7.85. The summed E-state index contributed by atoms with van der Waals surface area (Å²) >= 11 is 0. The smallest absolute Gasteiger partial charge is 0.144 e. The highest BCUT2D eigenvalue weighted by Crippen LogP contribution is 2.31. The Bertz CT molecular complexity index is 641. The first kappa shape index (κ1) is 15.8. The minimum Gasteiger partial charge on any atom is -0.388 e. The molecular formula is C17H21FN4O. The second-order valence-electron chi connectivity index (χ2n) is 6.01. The van der Waals surface area contributed by atoms with Crippen LogP contribution < -0.4 is 5.73 Å². The van der Waals surface area contributed by atoms with Gasteiger partial charge in [0.25, 0.3) is 0 Å². The molecule has 1 aliphatic rings. The van der Waals surface area contributed by atoms with E-state index in [-0.39, 0.29) is 11.7 Å². The van der Waals surface area contributed by atoms with E-state index in [0.717, 1.165) is 37.3 Å². The number of nitrogens with zero attached hydrogens (tertiary/aromatic N) is 3. The summed E-state index contributed by atoms with van der Waals surface area (Å²) in [4.78, 5) is 10.7. The van der Waals surface area contributed by atoms with Gasteiger partial charge in [-0.15, -0.1) is 0 Å². The van der Waals surface area contributed by atoms with Crippen molar-refractivity contribution in [3.63, 3.8) is 0 Å². The van der Waals surface area contributed by atoms with Crippen molar-refractivity contribution in [1.82, 2.24) is 14.9 Å². The summed E-state index contributed by atoms with van der Waals surface area (Å²) in [6.07, 6.45) is 2.91. The number of aliphatic hydroxyl groups is 1. The van der Waals surface area contributed by atoms with Crippen LogP contribution >= 0.6 is 0 Å². The number of aromatic nitrogens is 2. The Balaban J connectivity index is 1.54. The second kappa shape index (κ2) is 7.02. The lowest BCUT2D eigenvalue weighted by Crippen LogP contribution is -2.35. The molecule has 1 aromatic carbocycles.